The minimum atomic E-state index is 0.0196. The Kier molecular flexibility index (Phi) is 4.82. The molecule has 1 saturated heterocycles. The molecule has 0 spiro atoms. The molecule has 1 aromatic heterocycles. The second kappa shape index (κ2) is 7.01. The summed E-state index contributed by atoms with van der Waals surface area (Å²) in [7, 11) is 0. The van der Waals surface area contributed by atoms with Gasteiger partial charge in [-0.3, -0.25) is 4.79 Å². The SMILES string of the molecule is CC1CCN(C(=O)c2ccc(Nc3cccc(Cl)c3)cn2)CC1. The molecule has 0 aliphatic carbocycles. The first kappa shape index (κ1) is 15.8. The number of anilines is 2. The van der Waals surface area contributed by atoms with Crippen molar-refractivity contribution in [2.24, 2.45) is 5.92 Å². The quantitative estimate of drug-likeness (QED) is 0.910. The van der Waals surface area contributed by atoms with E-state index in [2.05, 4.69) is 17.2 Å². The number of amides is 1. The van der Waals surface area contributed by atoms with Crippen LogP contribution < -0.4 is 5.32 Å². The Hall–Kier alpha value is -2.07. The van der Waals surface area contributed by atoms with Crippen LogP contribution in [0.15, 0.2) is 42.6 Å². The molecule has 1 amide bonds. The molecule has 3 rings (SSSR count). The van der Waals surface area contributed by atoms with E-state index in [1.807, 2.05) is 35.2 Å². The maximum Gasteiger partial charge on any atom is 0.272 e. The van der Waals surface area contributed by atoms with Gasteiger partial charge in [0.05, 0.1) is 11.9 Å². The highest BCUT2D eigenvalue weighted by Gasteiger charge is 2.22. The van der Waals surface area contributed by atoms with Gasteiger partial charge < -0.3 is 10.2 Å². The molecule has 1 N–H and O–H groups in total. The molecule has 1 fully saturated rings. The zero-order chi connectivity index (χ0) is 16.2. The number of hydrogen-bond donors (Lipinski definition) is 1. The van der Waals surface area contributed by atoms with Crippen molar-refractivity contribution in [1.82, 2.24) is 9.88 Å². The van der Waals surface area contributed by atoms with Crippen LogP contribution in [0, 0.1) is 5.92 Å². The summed E-state index contributed by atoms with van der Waals surface area (Å²) in [5.41, 5.74) is 2.22. The Morgan fingerprint density at radius 2 is 2.00 bits per heavy atom. The lowest BCUT2D eigenvalue weighted by molar-refractivity contribution is 0.0691. The monoisotopic (exact) mass is 329 g/mol. The fraction of sp³-hybridized carbons (Fsp3) is 0.333. The van der Waals surface area contributed by atoms with E-state index in [1.165, 1.54) is 0 Å². The second-order valence-electron chi connectivity index (χ2n) is 6.04. The van der Waals surface area contributed by atoms with E-state index in [-0.39, 0.29) is 5.91 Å². The lowest BCUT2D eigenvalue weighted by Crippen LogP contribution is -2.38. The first-order valence-electron chi connectivity index (χ1n) is 7.90. The van der Waals surface area contributed by atoms with Gasteiger partial charge in [-0.15, -0.1) is 0 Å². The van der Waals surface area contributed by atoms with Gasteiger partial charge in [-0.2, -0.15) is 0 Å². The third-order valence-corrected chi connectivity index (χ3v) is 4.40. The van der Waals surface area contributed by atoms with Crippen molar-refractivity contribution in [1.29, 1.82) is 0 Å². The lowest BCUT2D eigenvalue weighted by atomic mass is 9.99. The van der Waals surface area contributed by atoms with Crippen molar-refractivity contribution >= 4 is 28.9 Å². The molecule has 0 atom stereocenters. The highest BCUT2D eigenvalue weighted by atomic mass is 35.5. The Bertz CT molecular complexity index is 679. The van der Waals surface area contributed by atoms with Gasteiger partial charge in [-0.05, 0) is 49.1 Å². The molecule has 120 valence electrons. The van der Waals surface area contributed by atoms with Gasteiger partial charge in [0.1, 0.15) is 5.69 Å². The summed E-state index contributed by atoms with van der Waals surface area (Å²) in [6.07, 6.45) is 3.82. The topological polar surface area (TPSA) is 45.2 Å². The molecule has 0 unspecified atom stereocenters. The Morgan fingerprint density at radius 1 is 1.22 bits per heavy atom. The van der Waals surface area contributed by atoms with Gasteiger partial charge >= 0.3 is 0 Å². The van der Waals surface area contributed by atoms with Crippen LogP contribution in [0.4, 0.5) is 11.4 Å². The van der Waals surface area contributed by atoms with Crippen molar-refractivity contribution in [3.05, 3.63) is 53.3 Å². The van der Waals surface area contributed by atoms with Crippen molar-refractivity contribution in [2.75, 3.05) is 18.4 Å². The molecule has 2 aromatic rings. The van der Waals surface area contributed by atoms with Gasteiger partial charge in [0.15, 0.2) is 0 Å². The van der Waals surface area contributed by atoms with Gasteiger partial charge in [0, 0.05) is 23.8 Å². The van der Waals surface area contributed by atoms with Gasteiger partial charge in [-0.25, -0.2) is 4.98 Å². The van der Waals surface area contributed by atoms with Gasteiger partial charge in [0.2, 0.25) is 0 Å². The molecule has 4 nitrogen and oxygen atoms in total. The largest absolute Gasteiger partial charge is 0.354 e. The summed E-state index contributed by atoms with van der Waals surface area (Å²) < 4.78 is 0. The molecule has 0 saturated carbocycles. The first-order chi connectivity index (χ1) is 11.1. The van der Waals surface area contributed by atoms with Gasteiger partial charge in [0.25, 0.3) is 5.91 Å². The molecule has 1 aliphatic rings. The van der Waals surface area contributed by atoms with E-state index in [9.17, 15) is 4.79 Å². The normalized spacial score (nSPS) is 15.5. The lowest BCUT2D eigenvalue weighted by Gasteiger charge is -2.30. The minimum Gasteiger partial charge on any atom is -0.354 e. The third-order valence-electron chi connectivity index (χ3n) is 4.17. The number of aromatic nitrogens is 1. The predicted molar refractivity (Wildman–Crippen MR) is 93.3 cm³/mol. The molecule has 5 heteroatoms. The van der Waals surface area contributed by atoms with E-state index in [1.54, 1.807) is 12.3 Å². The zero-order valence-electron chi connectivity index (χ0n) is 13.1. The van der Waals surface area contributed by atoms with E-state index in [4.69, 9.17) is 11.6 Å². The molecular weight excluding hydrogens is 310 g/mol. The van der Waals surface area contributed by atoms with Crippen molar-refractivity contribution < 1.29 is 4.79 Å². The third kappa shape index (κ3) is 4.02. The number of nitrogens with one attached hydrogen (secondary N) is 1. The smallest absolute Gasteiger partial charge is 0.272 e. The average Bonchev–Trinajstić information content (AvgIpc) is 2.56. The van der Waals surface area contributed by atoms with Crippen LogP contribution in [0.25, 0.3) is 0 Å². The molecule has 0 bridgehead atoms. The van der Waals surface area contributed by atoms with E-state index < -0.39 is 0 Å². The van der Waals surface area contributed by atoms with E-state index in [0.717, 1.165) is 37.3 Å². The number of hydrogen-bond acceptors (Lipinski definition) is 3. The number of halogens is 1. The molecule has 1 aliphatic heterocycles. The van der Waals surface area contributed by atoms with Crippen LogP contribution in [-0.2, 0) is 0 Å². The summed E-state index contributed by atoms with van der Waals surface area (Å²) in [5.74, 6) is 0.725. The number of piperidine rings is 1. The van der Waals surface area contributed by atoms with Crippen LogP contribution in [-0.4, -0.2) is 28.9 Å². The fourth-order valence-electron chi connectivity index (χ4n) is 2.70. The predicted octanol–water partition coefficient (Wildman–Crippen LogP) is 4.35. The molecule has 23 heavy (non-hydrogen) atoms. The molecule has 0 radical (unpaired) electrons. The van der Waals surface area contributed by atoms with Crippen LogP contribution in [0.1, 0.15) is 30.3 Å². The Morgan fingerprint density at radius 3 is 2.65 bits per heavy atom. The number of nitrogens with zero attached hydrogens (tertiary/aromatic N) is 2. The van der Waals surface area contributed by atoms with Crippen LogP contribution in [0.2, 0.25) is 5.02 Å². The van der Waals surface area contributed by atoms with Crippen LogP contribution in [0.3, 0.4) is 0 Å². The number of carbonyl (C=O) groups is 1. The van der Waals surface area contributed by atoms with Crippen LogP contribution in [0.5, 0.6) is 0 Å². The summed E-state index contributed by atoms with van der Waals surface area (Å²) >= 11 is 5.97. The second-order valence-corrected chi connectivity index (χ2v) is 6.48. The summed E-state index contributed by atoms with van der Waals surface area (Å²) in [6, 6.07) is 11.1. The summed E-state index contributed by atoms with van der Waals surface area (Å²) in [5, 5.41) is 3.90. The zero-order valence-corrected chi connectivity index (χ0v) is 13.9. The van der Waals surface area contributed by atoms with Gasteiger partial charge in [-0.1, -0.05) is 24.6 Å². The maximum absolute atomic E-state index is 12.4. The average molecular weight is 330 g/mol. The van der Waals surface area contributed by atoms with Crippen molar-refractivity contribution in [2.45, 2.75) is 19.8 Å². The number of carbonyl (C=O) groups excluding carboxylic acids is 1. The molecule has 2 heterocycles. The van der Waals surface area contributed by atoms with Crippen LogP contribution >= 0.6 is 11.6 Å². The van der Waals surface area contributed by atoms with E-state index >= 15 is 0 Å². The molecular formula is C18H20ClN3O. The van der Waals surface area contributed by atoms with E-state index in [0.29, 0.717) is 16.6 Å². The highest BCUT2D eigenvalue weighted by Crippen LogP contribution is 2.21. The number of rotatable bonds is 3. The standard InChI is InChI=1S/C18H20ClN3O/c1-13-7-9-22(10-8-13)18(23)17-6-5-16(12-20-17)21-15-4-2-3-14(19)11-15/h2-6,11-13,21H,7-10H2,1H3. The summed E-state index contributed by atoms with van der Waals surface area (Å²) in [6.45, 7) is 3.88. The van der Waals surface area contributed by atoms with Crippen molar-refractivity contribution in [3.8, 4) is 0 Å². The minimum absolute atomic E-state index is 0.0196. The number of likely N-dealkylation sites (tertiary alicyclic amines) is 1. The van der Waals surface area contributed by atoms with Crippen molar-refractivity contribution in [3.63, 3.8) is 0 Å². The fourth-order valence-corrected chi connectivity index (χ4v) is 2.89. The number of benzene rings is 1. The Labute approximate surface area is 141 Å². The maximum atomic E-state index is 12.4. The first-order valence-corrected chi connectivity index (χ1v) is 8.27. The molecule has 1 aromatic carbocycles. The number of pyridine rings is 1. The highest BCUT2D eigenvalue weighted by molar-refractivity contribution is 6.30. The Balaban J connectivity index is 1.66. The summed E-state index contributed by atoms with van der Waals surface area (Å²) in [4.78, 5) is 18.6.